The van der Waals surface area contributed by atoms with Gasteiger partial charge in [-0.05, 0) is 31.0 Å². The smallest absolute Gasteiger partial charge is 0.146 e. The summed E-state index contributed by atoms with van der Waals surface area (Å²) in [6.07, 6.45) is 0.647. The van der Waals surface area contributed by atoms with Gasteiger partial charge in [-0.2, -0.15) is 0 Å². The van der Waals surface area contributed by atoms with E-state index in [1.54, 1.807) is 19.1 Å². The molecule has 88 valence electrons. The van der Waals surface area contributed by atoms with Crippen molar-refractivity contribution in [1.82, 2.24) is 0 Å². The lowest BCUT2D eigenvalue weighted by atomic mass is 10.1. The zero-order valence-electron chi connectivity index (χ0n) is 9.28. The van der Waals surface area contributed by atoms with Gasteiger partial charge >= 0.3 is 0 Å². The minimum Gasteiger partial charge on any atom is -0.392 e. The van der Waals surface area contributed by atoms with E-state index in [0.717, 1.165) is 0 Å². The molecule has 1 fully saturated rings. The van der Waals surface area contributed by atoms with Crippen molar-refractivity contribution in [2.45, 2.75) is 25.6 Å². The highest BCUT2D eigenvalue weighted by Gasteiger charge is 2.32. The van der Waals surface area contributed by atoms with E-state index < -0.39 is 5.60 Å². The summed E-state index contributed by atoms with van der Waals surface area (Å²) in [6.45, 7) is 2.70. The molecular formula is C12H16FNO2. The van der Waals surface area contributed by atoms with Crippen LogP contribution >= 0.6 is 0 Å². The third-order valence-corrected chi connectivity index (χ3v) is 2.99. The second-order valence-corrected chi connectivity index (χ2v) is 4.61. The summed E-state index contributed by atoms with van der Waals surface area (Å²) in [6, 6.07) is 4.69. The zero-order chi connectivity index (χ0) is 11.8. The van der Waals surface area contributed by atoms with E-state index in [0.29, 0.717) is 30.8 Å². The lowest BCUT2D eigenvalue weighted by Gasteiger charge is -2.21. The average Bonchev–Trinajstić information content (AvgIpc) is 2.58. The number of aliphatic hydroxyl groups excluding tert-OH is 1. The van der Waals surface area contributed by atoms with E-state index >= 15 is 0 Å². The van der Waals surface area contributed by atoms with Crippen LogP contribution in [0, 0.1) is 5.82 Å². The molecule has 2 N–H and O–H groups in total. The predicted molar refractivity (Wildman–Crippen MR) is 59.8 cm³/mol. The predicted octanol–water partition coefficient (Wildman–Crippen LogP) is 1.28. The summed E-state index contributed by atoms with van der Waals surface area (Å²) in [5.41, 5.74) is 0.324. The number of halogens is 1. The largest absolute Gasteiger partial charge is 0.392 e. The fourth-order valence-electron chi connectivity index (χ4n) is 2.06. The highest BCUT2D eigenvalue weighted by atomic mass is 19.1. The Labute approximate surface area is 94.1 Å². The first-order valence-electron chi connectivity index (χ1n) is 5.38. The van der Waals surface area contributed by atoms with Gasteiger partial charge in [-0.1, -0.05) is 6.07 Å². The van der Waals surface area contributed by atoms with E-state index in [-0.39, 0.29) is 12.4 Å². The van der Waals surface area contributed by atoms with E-state index in [1.807, 2.05) is 4.90 Å². The Morgan fingerprint density at radius 2 is 2.25 bits per heavy atom. The van der Waals surface area contributed by atoms with Crippen LogP contribution in [0.5, 0.6) is 0 Å². The highest BCUT2D eigenvalue weighted by Crippen LogP contribution is 2.28. The average molecular weight is 225 g/mol. The molecule has 1 unspecified atom stereocenters. The number of aliphatic hydroxyl groups is 2. The molecule has 3 nitrogen and oxygen atoms in total. The molecule has 1 aromatic rings. The molecule has 1 saturated heterocycles. The minimum absolute atomic E-state index is 0.158. The van der Waals surface area contributed by atoms with Gasteiger partial charge in [0.1, 0.15) is 5.82 Å². The van der Waals surface area contributed by atoms with E-state index in [1.165, 1.54) is 6.07 Å². The van der Waals surface area contributed by atoms with Crippen molar-refractivity contribution in [3.63, 3.8) is 0 Å². The summed E-state index contributed by atoms with van der Waals surface area (Å²) < 4.78 is 13.7. The van der Waals surface area contributed by atoms with Crippen LogP contribution in [0.1, 0.15) is 18.9 Å². The Hall–Kier alpha value is -1.13. The zero-order valence-corrected chi connectivity index (χ0v) is 9.28. The first kappa shape index (κ1) is 11.4. The van der Waals surface area contributed by atoms with Gasteiger partial charge in [0.25, 0.3) is 0 Å². The van der Waals surface area contributed by atoms with Crippen molar-refractivity contribution in [3.05, 3.63) is 29.6 Å². The van der Waals surface area contributed by atoms with Crippen molar-refractivity contribution in [2.24, 2.45) is 0 Å². The Balaban J connectivity index is 2.22. The van der Waals surface area contributed by atoms with Gasteiger partial charge in [-0.25, -0.2) is 4.39 Å². The Bertz CT molecular complexity index is 393. The number of anilines is 1. The van der Waals surface area contributed by atoms with Crippen LogP contribution in [0.2, 0.25) is 0 Å². The normalized spacial score (nSPS) is 25.1. The van der Waals surface area contributed by atoms with Crippen molar-refractivity contribution in [3.8, 4) is 0 Å². The molecule has 0 bridgehead atoms. The van der Waals surface area contributed by atoms with Gasteiger partial charge in [0, 0.05) is 13.1 Å². The number of β-amino-alcohol motifs (C(OH)–C–C–N with tert-alkyl or cyclic N) is 1. The Kier molecular flexibility index (Phi) is 2.86. The summed E-state index contributed by atoms with van der Waals surface area (Å²) in [7, 11) is 0. The van der Waals surface area contributed by atoms with Crippen LogP contribution < -0.4 is 4.90 Å². The first-order chi connectivity index (χ1) is 7.52. The topological polar surface area (TPSA) is 43.7 Å². The monoisotopic (exact) mass is 225 g/mol. The quantitative estimate of drug-likeness (QED) is 0.797. The maximum atomic E-state index is 13.7. The molecular weight excluding hydrogens is 209 g/mol. The Morgan fingerprint density at radius 1 is 1.50 bits per heavy atom. The number of hydrogen-bond acceptors (Lipinski definition) is 3. The second-order valence-electron chi connectivity index (χ2n) is 4.61. The number of benzene rings is 1. The molecule has 2 rings (SSSR count). The number of hydrogen-bond donors (Lipinski definition) is 2. The van der Waals surface area contributed by atoms with Gasteiger partial charge in [0.2, 0.25) is 0 Å². The van der Waals surface area contributed by atoms with Crippen LogP contribution in [-0.4, -0.2) is 28.9 Å². The summed E-state index contributed by atoms with van der Waals surface area (Å²) in [5.74, 6) is -0.343. The molecule has 1 aliphatic rings. The Morgan fingerprint density at radius 3 is 2.75 bits per heavy atom. The SMILES string of the molecule is CC1(O)CCN(c2ccc(CO)cc2F)C1. The number of rotatable bonds is 2. The maximum absolute atomic E-state index is 13.7. The molecule has 0 aromatic heterocycles. The maximum Gasteiger partial charge on any atom is 0.146 e. The van der Waals surface area contributed by atoms with Crippen LogP contribution in [-0.2, 0) is 6.61 Å². The fraction of sp³-hybridized carbons (Fsp3) is 0.500. The van der Waals surface area contributed by atoms with Crippen LogP contribution in [0.4, 0.5) is 10.1 Å². The highest BCUT2D eigenvalue weighted by molar-refractivity contribution is 5.50. The van der Waals surface area contributed by atoms with E-state index in [4.69, 9.17) is 5.11 Å². The van der Waals surface area contributed by atoms with Gasteiger partial charge in [0.05, 0.1) is 17.9 Å². The summed E-state index contributed by atoms with van der Waals surface area (Å²) in [5, 5.41) is 18.7. The van der Waals surface area contributed by atoms with Gasteiger partial charge in [-0.3, -0.25) is 0 Å². The molecule has 0 radical (unpaired) electrons. The molecule has 1 aliphatic heterocycles. The molecule has 0 saturated carbocycles. The summed E-state index contributed by atoms with van der Waals surface area (Å²) in [4.78, 5) is 1.83. The molecule has 0 amide bonds. The molecule has 1 aromatic carbocycles. The van der Waals surface area contributed by atoms with Crippen molar-refractivity contribution in [2.75, 3.05) is 18.0 Å². The van der Waals surface area contributed by atoms with Crippen molar-refractivity contribution < 1.29 is 14.6 Å². The van der Waals surface area contributed by atoms with E-state index in [9.17, 15) is 9.50 Å². The third kappa shape index (κ3) is 2.18. The molecule has 0 aliphatic carbocycles. The summed E-state index contributed by atoms with van der Waals surface area (Å²) >= 11 is 0. The minimum atomic E-state index is -0.734. The van der Waals surface area contributed by atoms with Crippen LogP contribution in [0.25, 0.3) is 0 Å². The molecule has 1 atom stereocenters. The molecule has 0 spiro atoms. The second kappa shape index (κ2) is 4.03. The van der Waals surface area contributed by atoms with Gasteiger partial charge in [-0.15, -0.1) is 0 Å². The van der Waals surface area contributed by atoms with Crippen molar-refractivity contribution in [1.29, 1.82) is 0 Å². The lowest BCUT2D eigenvalue weighted by Crippen LogP contribution is -2.30. The first-order valence-corrected chi connectivity index (χ1v) is 5.38. The number of nitrogens with zero attached hydrogens (tertiary/aromatic N) is 1. The van der Waals surface area contributed by atoms with Crippen molar-refractivity contribution >= 4 is 5.69 Å². The van der Waals surface area contributed by atoms with E-state index in [2.05, 4.69) is 0 Å². The molecule has 4 heteroatoms. The van der Waals surface area contributed by atoms with Crippen LogP contribution in [0.3, 0.4) is 0 Å². The van der Waals surface area contributed by atoms with Gasteiger partial charge < -0.3 is 15.1 Å². The molecule has 1 heterocycles. The standard InChI is InChI=1S/C12H16FNO2/c1-12(16)4-5-14(8-12)11-3-2-9(7-15)6-10(11)13/h2-3,6,15-16H,4-5,7-8H2,1H3. The van der Waals surface area contributed by atoms with Gasteiger partial charge in [0.15, 0.2) is 0 Å². The fourth-order valence-corrected chi connectivity index (χ4v) is 2.06. The lowest BCUT2D eigenvalue weighted by molar-refractivity contribution is 0.0839. The third-order valence-electron chi connectivity index (χ3n) is 2.99. The molecule has 16 heavy (non-hydrogen) atoms. The van der Waals surface area contributed by atoms with Crippen LogP contribution in [0.15, 0.2) is 18.2 Å².